The fourth-order valence-corrected chi connectivity index (χ4v) is 8.73. The molecular formula is C32H36N2O4S2. The Hall–Kier alpha value is -2.71. The van der Waals surface area contributed by atoms with Gasteiger partial charge in [0.15, 0.2) is 0 Å². The molecule has 2 amide bonds. The number of nitrogens with one attached hydrogen (secondary N) is 1. The molecule has 2 aliphatic heterocycles. The summed E-state index contributed by atoms with van der Waals surface area (Å²) in [6, 6.07) is 17.0. The van der Waals surface area contributed by atoms with Gasteiger partial charge in [-0.05, 0) is 54.2 Å². The van der Waals surface area contributed by atoms with Crippen LogP contribution in [-0.2, 0) is 20.7 Å². The van der Waals surface area contributed by atoms with Gasteiger partial charge in [-0.1, -0.05) is 55.0 Å². The summed E-state index contributed by atoms with van der Waals surface area (Å²) in [6.45, 7) is 0. The maximum Gasteiger partial charge on any atom is 0.322 e. The third-order valence-electron chi connectivity index (χ3n) is 8.53. The first kappa shape index (κ1) is 27.5. The van der Waals surface area contributed by atoms with Gasteiger partial charge in [0.05, 0.1) is 30.6 Å². The first-order chi connectivity index (χ1) is 19.6. The molecule has 6 nitrogen and oxygen atoms in total. The summed E-state index contributed by atoms with van der Waals surface area (Å²) >= 11 is 3.55. The smallest absolute Gasteiger partial charge is 0.322 e. The van der Waals surface area contributed by atoms with Crippen LogP contribution in [0.25, 0.3) is 21.5 Å². The topological polar surface area (TPSA) is 75.7 Å². The molecule has 0 bridgehead atoms. The molecule has 3 aliphatic rings. The number of hydrogen-bond acceptors (Lipinski definition) is 6. The molecule has 1 saturated carbocycles. The lowest BCUT2D eigenvalue weighted by atomic mass is 9.92. The van der Waals surface area contributed by atoms with Gasteiger partial charge < -0.3 is 10.1 Å². The monoisotopic (exact) mass is 576 g/mol. The van der Waals surface area contributed by atoms with Crippen molar-refractivity contribution in [3.8, 4) is 0 Å². The molecule has 3 atom stereocenters. The third kappa shape index (κ3) is 5.45. The molecule has 3 unspecified atom stereocenters. The van der Waals surface area contributed by atoms with Crippen LogP contribution in [0.3, 0.4) is 0 Å². The predicted molar refractivity (Wildman–Crippen MR) is 166 cm³/mol. The van der Waals surface area contributed by atoms with E-state index in [1.807, 2.05) is 16.7 Å². The molecule has 8 heteroatoms. The number of fused-ring (bicyclic) bond motifs is 3. The third-order valence-corrected chi connectivity index (χ3v) is 11.0. The number of methoxy groups -OCH3 is 1. The van der Waals surface area contributed by atoms with Crippen LogP contribution >= 0.6 is 23.5 Å². The fraction of sp³-hybridized carbons (Fsp3) is 0.469. The molecule has 0 radical (unpaired) electrons. The Morgan fingerprint density at radius 1 is 1.02 bits per heavy atom. The zero-order chi connectivity index (χ0) is 27.6. The molecule has 3 fully saturated rings. The first-order valence-corrected chi connectivity index (χ1v) is 16.6. The molecular weight excluding hydrogens is 540 g/mol. The number of anilines is 1. The van der Waals surface area contributed by atoms with E-state index in [1.54, 1.807) is 11.8 Å². The van der Waals surface area contributed by atoms with Crippen LogP contribution in [0.1, 0.15) is 44.1 Å². The highest BCUT2D eigenvalue weighted by Crippen LogP contribution is 2.45. The molecule has 1 aliphatic carbocycles. The minimum atomic E-state index is -0.204. The highest BCUT2D eigenvalue weighted by Gasteiger charge is 2.49. The summed E-state index contributed by atoms with van der Waals surface area (Å²) in [5.74, 6) is 2.65. The van der Waals surface area contributed by atoms with Gasteiger partial charge in [0, 0.05) is 34.1 Å². The van der Waals surface area contributed by atoms with Crippen molar-refractivity contribution in [1.82, 2.24) is 5.32 Å². The van der Waals surface area contributed by atoms with E-state index in [4.69, 9.17) is 4.74 Å². The van der Waals surface area contributed by atoms with E-state index in [0.29, 0.717) is 29.1 Å². The number of thioether (sulfide) groups is 2. The summed E-state index contributed by atoms with van der Waals surface area (Å²) in [6.07, 6.45) is 6.72. The first-order valence-electron chi connectivity index (χ1n) is 14.4. The molecule has 40 heavy (non-hydrogen) atoms. The summed E-state index contributed by atoms with van der Waals surface area (Å²) in [5, 5.41) is 8.23. The quantitative estimate of drug-likeness (QED) is 0.117. The minimum Gasteiger partial charge on any atom is -0.468 e. The molecule has 3 aromatic rings. The lowest BCUT2D eigenvalue weighted by Gasteiger charge is -2.27. The van der Waals surface area contributed by atoms with Crippen LogP contribution in [0.4, 0.5) is 10.5 Å². The maximum absolute atomic E-state index is 13.6. The van der Waals surface area contributed by atoms with Crippen LogP contribution in [0.15, 0.2) is 48.5 Å². The van der Waals surface area contributed by atoms with Crippen molar-refractivity contribution < 1.29 is 19.1 Å². The van der Waals surface area contributed by atoms with Crippen LogP contribution < -0.4 is 10.2 Å². The summed E-state index contributed by atoms with van der Waals surface area (Å²) < 4.78 is 4.80. The average Bonchev–Trinajstić information content (AvgIpc) is 3.69. The predicted octanol–water partition coefficient (Wildman–Crippen LogP) is 6.36. The Morgan fingerprint density at radius 3 is 2.35 bits per heavy atom. The molecule has 1 N–H and O–H groups in total. The van der Waals surface area contributed by atoms with Crippen molar-refractivity contribution in [3.05, 3.63) is 54.1 Å². The van der Waals surface area contributed by atoms with E-state index in [2.05, 4.69) is 53.8 Å². The Bertz CT molecular complexity index is 1380. The lowest BCUT2D eigenvalue weighted by Crippen LogP contribution is -2.38. The molecule has 6 rings (SSSR count). The van der Waals surface area contributed by atoms with Gasteiger partial charge in [-0.15, -0.1) is 11.8 Å². The van der Waals surface area contributed by atoms with Crippen LogP contribution in [-0.4, -0.2) is 59.5 Å². The Kier molecular flexibility index (Phi) is 8.26. The highest BCUT2D eigenvalue weighted by atomic mass is 32.2. The number of amides is 2. The standard InChI is InChI=1S/C32H36N2O4S2/c1-38-29(36)19-39-17-16-23-21-8-2-4-10-24(21)31(25-11-5-3-9-22(23)25)34-26-18-40-28(30(26)33-32(34)37)13-7-6-12-27(35)20-14-15-20/h2-5,8-11,20,26,28,30H,6-7,12-19H2,1H3,(H,33,37). The second kappa shape index (κ2) is 12.0. The fourth-order valence-electron chi connectivity index (χ4n) is 6.36. The zero-order valence-corrected chi connectivity index (χ0v) is 24.5. The molecule has 3 aromatic carbocycles. The van der Waals surface area contributed by atoms with Gasteiger partial charge in [0.1, 0.15) is 5.78 Å². The second-order valence-corrected chi connectivity index (χ2v) is 13.4. The van der Waals surface area contributed by atoms with Crippen LogP contribution in [0.2, 0.25) is 0 Å². The SMILES string of the molecule is COC(=O)CSCCc1c2ccccc2c(N2C(=O)NC3C(CCCCC(=O)C4CC4)SCC32)c2ccccc12. The number of carbonyl (C=O) groups excluding carboxylic acids is 3. The Labute approximate surface area is 244 Å². The van der Waals surface area contributed by atoms with E-state index in [1.165, 1.54) is 12.7 Å². The lowest BCUT2D eigenvalue weighted by molar-refractivity contribution is -0.137. The van der Waals surface area contributed by atoms with Crippen molar-refractivity contribution in [2.24, 2.45) is 5.92 Å². The van der Waals surface area contributed by atoms with E-state index in [-0.39, 0.29) is 24.1 Å². The number of aryl methyl sites for hydroxylation is 1. The van der Waals surface area contributed by atoms with Gasteiger partial charge in [-0.3, -0.25) is 14.5 Å². The van der Waals surface area contributed by atoms with E-state index < -0.39 is 0 Å². The van der Waals surface area contributed by atoms with Gasteiger partial charge in [-0.25, -0.2) is 4.79 Å². The van der Waals surface area contributed by atoms with E-state index in [9.17, 15) is 14.4 Å². The number of nitrogens with zero attached hydrogens (tertiary/aromatic N) is 1. The largest absolute Gasteiger partial charge is 0.468 e. The average molecular weight is 577 g/mol. The number of Topliss-reactive ketones (excluding diaryl/α,β-unsaturated/α-hetero) is 1. The molecule has 0 aromatic heterocycles. The molecule has 0 spiro atoms. The number of rotatable bonds is 12. The van der Waals surface area contributed by atoms with Crippen molar-refractivity contribution in [1.29, 1.82) is 0 Å². The van der Waals surface area contributed by atoms with Crippen LogP contribution in [0, 0.1) is 5.92 Å². The van der Waals surface area contributed by atoms with Gasteiger partial charge in [-0.2, -0.15) is 11.8 Å². The van der Waals surface area contributed by atoms with Crippen molar-refractivity contribution >= 4 is 68.5 Å². The number of esters is 1. The second-order valence-electron chi connectivity index (χ2n) is 11.1. The number of benzene rings is 3. The minimum absolute atomic E-state index is 0.0131. The highest BCUT2D eigenvalue weighted by molar-refractivity contribution is 8.00. The van der Waals surface area contributed by atoms with Crippen molar-refractivity contribution in [2.45, 2.75) is 62.3 Å². The van der Waals surface area contributed by atoms with Crippen molar-refractivity contribution in [2.75, 3.05) is 29.3 Å². The van der Waals surface area contributed by atoms with Gasteiger partial charge >= 0.3 is 12.0 Å². The van der Waals surface area contributed by atoms with Gasteiger partial charge in [0.2, 0.25) is 0 Å². The molecule has 210 valence electrons. The summed E-state index contributed by atoms with van der Waals surface area (Å²) in [5.41, 5.74) is 2.25. The number of ether oxygens (including phenoxy) is 1. The number of ketones is 1. The Morgan fingerprint density at radius 2 is 1.70 bits per heavy atom. The van der Waals surface area contributed by atoms with Crippen molar-refractivity contribution in [3.63, 3.8) is 0 Å². The van der Waals surface area contributed by atoms with E-state index >= 15 is 0 Å². The number of urea groups is 1. The Balaban J connectivity index is 1.26. The molecule has 2 saturated heterocycles. The normalized spacial score (nSPS) is 22.1. The molecule has 2 heterocycles. The number of hydrogen-bond donors (Lipinski definition) is 1. The number of unbranched alkanes of at least 4 members (excludes halogenated alkanes) is 1. The van der Waals surface area contributed by atoms with E-state index in [0.717, 1.165) is 77.3 Å². The van der Waals surface area contributed by atoms with Gasteiger partial charge in [0.25, 0.3) is 0 Å². The zero-order valence-electron chi connectivity index (χ0n) is 22.9. The summed E-state index contributed by atoms with van der Waals surface area (Å²) in [7, 11) is 1.42. The van der Waals surface area contributed by atoms with Crippen LogP contribution in [0.5, 0.6) is 0 Å². The maximum atomic E-state index is 13.6. The summed E-state index contributed by atoms with van der Waals surface area (Å²) in [4.78, 5) is 39.4. The number of carbonyl (C=O) groups is 3.